The number of rotatable bonds is 7. The monoisotopic (exact) mass is 445 g/mol. The highest BCUT2D eigenvalue weighted by Crippen LogP contribution is 2.31. The van der Waals surface area contributed by atoms with Crippen molar-refractivity contribution in [2.45, 2.75) is 19.5 Å². The van der Waals surface area contributed by atoms with Crippen LogP contribution in [0.1, 0.15) is 12.5 Å². The van der Waals surface area contributed by atoms with E-state index >= 15 is 0 Å². The molecule has 0 aliphatic carbocycles. The van der Waals surface area contributed by atoms with E-state index in [9.17, 15) is 4.79 Å². The second kappa shape index (κ2) is 10.4. The van der Waals surface area contributed by atoms with E-state index in [1.54, 1.807) is 18.7 Å². The maximum absolute atomic E-state index is 12.6. The van der Waals surface area contributed by atoms with Gasteiger partial charge in [0.2, 0.25) is 5.91 Å². The zero-order valence-electron chi connectivity index (χ0n) is 18.3. The number of anilines is 1. The first-order valence-electron chi connectivity index (χ1n) is 10.7. The van der Waals surface area contributed by atoms with Crippen molar-refractivity contribution in [2.24, 2.45) is 4.99 Å². The van der Waals surface area contributed by atoms with E-state index < -0.39 is 0 Å². The van der Waals surface area contributed by atoms with Crippen LogP contribution in [0.25, 0.3) is 0 Å². The minimum absolute atomic E-state index is 0.00436. The second-order valence-electron chi connectivity index (χ2n) is 7.60. The van der Waals surface area contributed by atoms with Gasteiger partial charge in [-0.3, -0.25) is 14.7 Å². The van der Waals surface area contributed by atoms with Crippen LogP contribution in [0.2, 0.25) is 0 Å². The van der Waals surface area contributed by atoms with Gasteiger partial charge in [-0.05, 0) is 48.4 Å². The van der Waals surface area contributed by atoms with Gasteiger partial charge in [0.25, 0.3) is 0 Å². The number of hydrogen-bond acceptors (Lipinski definition) is 4. The molecule has 3 aromatic rings. The molecule has 0 bridgehead atoms. The minimum atomic E-state index is -0.0751. The lowest BCUT2D eigenvalue weighted by atomic mass is 10.2. The largest absolute Gasteiger partial charge is 0.457 e. The van der Waals surface area contributed by atoms with E-state index in [1.807, 2.05) is 72.6 Å². The normalized spacial score (nSPS) is 16.9. The third-order valence-electron chi connectivity index (χ3n) is 5.33. The smallest absolute Gasteiger partial charge is 0.225 e. The van der Waals surface area contributed by atoms with Gasteiger partial charge in [-0.25, -0.2) is 0 Å². The van der Waals surface area contributed by atoms with Crippen LogP contribution in [0.5, 0.6) is 11.5 Å². The van der Waals surface area contributed by atoms with E-state index in [1.165, 1.54) is 5.56 Å². The summed E-state index contributed by atoms with van der Waals surface area (Å²) in [7, 11) is 2.01. The molecule has 1 aliphatic heterocycles. The summed E-state index contributed by atoms with van der Waals surface area (Å²) in [4.78, 5) is 21.3. The average molecular weight is 446 g/mol. The summed E-state index contributed by atoms with van der Waals surface area (Å²) in [6.45, 7) is 2.34. The third kappa shape index (κ3) is 5.32. The van der Waals surface area contributed by atoms with Gasteiger partial charge in [0, 0.05) is 32.0 Å². The van der Waals surface area contributed by atoms with Gasteiger partial charge in [-0.15, -0.1) is 0 Å². The highest BCUT2D eigenvalue weighted by Gasteiger charge is 2.34. The van der Waals surface area contributed by atoms with Crippen molar-refractivity contribution < 1.29 is 9.53 Å². The van der Waals surface area contributed by atoms with Crippen LogP contribution in [0, 0.1) is 0 Å². The fourth-order valence-electron chi connectivity index (χ4n) is 3.68. The maximum atomic E-state index is 12.6. The van der Waals surface area contributed by atoms with E-state index in [-0.39, 0.29) is 12.1 Å². The molecule has 4 rings (SSSR count). The molecule has 0 N–H and O–H groups in total. The van der Waals surface area contributed by atoms with Crippen LogP contribution < -0.4 is 9.64 Å². The Morgan fingerprint density at radius 2 is 1.62 bits per heavy atom. The van der Waals surface area contributed by atoms with Crippen molar-refractivity contribution in [2.75, 3.05) is 24.2 Å². The Balaban J connectivity index is 1.43. The van der Waals surface area contributed by atoms with E-state index in [0.717, 1.165) is 41.1 Å². The fraction of sp³-hybridized carbons (Fsp3) is 0.231. The molecule has 0 aromatic heterocycles. The molecule has 1 atom stereocenters. The summed E-state index contributed by atoms with van der Waals surface area (Å²) in [5, 5.41) is 0.973. The molecule has 6 heteroatoms. The molecule has 3 aromatic carbocycles. The number of nitrogens with zero attached hydrogens (tertiary/aromatic N) is 3. The summed E-state index contributed by atoms with van der Waals surface area (Å²) in [5.74, 6) is 2.31. The number of benzene rings is 3. The summed E-state index contributed by atoms with van der Waals surface area (Å²) < 4.78 is 5.88. The quantitative estimate of drug-likeness (QED) is 0.486. The highest BCUT2D eigenvalue weighted by atomic mass is 32.2. The first kappa shape index (κ1) is 22.0. The highest BCUT2D eigenvalue weighted by molar-refractivity contribution is 8.14. The number of hydrogen-bond donors (Lipinski definition) is 0. The maximum Gasteiger partial charge on any atom is 0.225 e. The van der Waals surface area contributed by atoms with Gasteiger partial charge in [0.1, 0.15) is 17.7 Å². The molecule has 0 saturated carbocycles. The van der Waals surface area contributed by atoms with Crippen molar-refractivity contribution in [1.29, 1.82) is 0 Å². The number of carbonyl (C=O) groups excluding carboxylic acids is 1. The lowest BCUT2D eigenvalue weighted by Gasteiger charge is -2.32. The number of thioether (sulfide) groups is 1. The number of amidine groups is 1. The predicted molar refractivity (Wildman–Crippen MR) is 133 cm³/mol. The second-order valence-corrected chi connectivity index (χ2v) is 8.59. The van der Waals surface area contributed by atoms with Crippen LogP contribution in [0.4, 0.5) is 5.69 Å². The van der Waals surface area contributed by atoms with Gasteiger partial charge in [-0.2, -0.15) is 0 Å². The standard InChI is InChI=1S/C26H27N3O2S/c1-20(30)29(22-13-15-24(16-14-22)31-23-11-7-4-8-12-23)25-19-32-26(28(25)2)27-18-17-21-9-5-3-6-10-21/h3-16,25H,17-19H2,1-2H3. The van der Waals surface area contributed by atoms with Gasteiger partial charge in [0.15, 0.2) is 5.17 Å². The Labute approximate surface area is 193 Å². The topological polar surface area (TPSA) is 45.1 Å². The van der Waals surface area contributed by atoms with Crippen LogP contribution in [-0.4, -0.2) is 41.5 Å². The average Bonchev–Trinajstić information content (AvgIpc) is 3.16. The number of ether oxygens (including phenoxy) is 1. The Kier molecular flexibility index (Phi) is 7.12. The molecular formula is C26H27N3O2S. The zero-order valence-corrected chi connectivity index (χ0v) is 19.2. The van der Waals surface area contributed by atoms with Crippen molar-refractivity contribution in [1.82, 2.24) is 4.90 Å². The molecule has 1 saturated heterocycles. The molecule has 0 spiro atoms. The number of aliphatic imine (C=N–C) groups is 1. The van der Waals surface area contributed by atoms with Crippen molar-refractivity contribution in [3.8, 4) is 11.5 Å². The number of para-hydroxylation sites is 1. The number of amides is 1. The summed E-state index contributed by atoms with van der Waals surface area (Å²) in [6, 6.07) is 27.7. The Bertz CT molecular complexity index is 1060. The molecule has 32 heavy (non-hydrogen) atoms. The lowest BCUT2D eigenvalue weighted by Crippen LogP contribution is -2.48. The van der Waals surface area contributed by atoms with E-state index in [0.29, 0.717) is 0 Å². The third-order valence-corrected chi connectivity index (χ3v) is 6.47. The van der Waals surface area contributed by atoms with Crippen LogP contribution in [-0.2, 0) is 11.2 Å². The lowest BCUT2D eigenvalue weighted by molar-refractivity contribution is -0.117. The predicted octanol–water partition coefficient (Wildman–Crippen LogP) is 5.44. The Hall–Kier alpha value is -3.25. The van der Waals surface area contributed by atoms with E-state index in [4.69, 9.17) is 9.73 Å². The summed E-state index contributed by atoms with van der Waals surface area (Å²) in [5.41, 5.74) is 2.13. The first-order valence-corrected chi connectivity index (χ1v) is 11.7. The van der Waals surface area contributed by atoms with Gasteiger partial charge >= 0.3 is 0 Å². The van der Waals surface area contributed by atoms with Crippen molar-refractivity contribution >= 4 is 28.5 Å². The molecule has 1 amide bonds. The van der Waals surface area contributed by atoms with Gasteiger partial charge in [0.05, 0.1) is 0 Å². The van der Waals surface area contributed by atoms with Crippen molar-refractivity contribution in [3.05, 3.63) is 90.5 Å². The molecule has 1 fully saturated rings. The Morgan fingerprint density at radius 1 is 1.00 bits per heavy atom. The van der Waals surface area contributed by atoms with Crippen molar-refractivity contribution in [3.63, 3.8) is 0 Å². The molecule has 5 nitrogen and oxygen atoms in total. The molecule has 1 unspecified atom stereocenters. The zero-order chi connectivity index (χ0) is 22.3. The molecule has 0 radical (unpaired) electrons. The molecular weight excluding hydrogens is 418 g/mol. The van der Waals surface area contributed by atoms with Crippen LogP contribution >= 0.6 is 11.8 Å². The van der Waals surface area contributed by atoms with Crippen LogP contribution in [0.3, 0.4) is 0 Å². The van der Waals surface area contributed by atoms with Gasteiger partial charge < -0.3 is 9.64 Å². The summed E-state index contributed by atoms with van der Waals surface area (Å²) >= 11 is 1.70. The first-order chi connectivity index (χ1) is 15.6. The SMILES string of the molecule is CC(=O)N(c1ccc(Oc2ccccc2)cc1)C1CSC(=NCCc2ccccc2)N1C. The molecule has 1 heterocycles. The molecule has 164 valence electrons. The fourth-order valence-corrected chi connectivity index (χ4v) is 4.86. The van der Waals surface area contributed by atoms with E-state index in [2.05, 4.69) is 29.2 Å². The number of carbonyl (C=O) groups is 1. The Morgan fingerprint density at radius 3 is 2.28 bits per heavy atom. The van der Waals surface area contributed by atoms with Gasteiger partial charge in [-0.1, -0.05) is 60.3 Å². The molecule has 1 aliphatic rings. The minimum Gasteiger partial charge on any atom is -0.457 e. The van der Waals surface area contributed by atoms with Crippen LogP contribution in [0.15, 0.2) is 89.9 Å². The summed E-state index contributed by atoms with van der Waals surface area (Å²) in [6.07, 6.45) is 0.830.